The molecule has 3 aromatic carbocycles. The van der Waals surface area contributed by atoms with Gasteiger partial charge in [0.25, 0.3) is 0 Å². The van der Waals surface area contributed by atoms with Gasteiger partial charge in [0.2, 0.25) is 0 Å². The van der Waals surface area contributed by atoms with E-state index in [0.29, 0.717) is 11.8 Å². The predicted molar refractivity (Wildman–Crippen MR) is 104 cm³/mol. The van der Waals surface area contributed by atoms with E-state index in [-0.39, 0.29) is 5.82 Å². The maximum atomic E-state index is 13.3. The van der Waals surface area contributed by atoms with Crippen molar-refractivity contribution in [1.29, 1.82) is 0 Å². The van der Waals surface area contributed by atoms with Crippen LogP contribution < -0.4 is 0 Å². The second-order valence-corrected chi connectivity index (χ2v) is 7.18. The van der Waals surface area contributed by atoms with Crippen molar-refractivity contribution in [3.8, 4) is 11.1 Å². The number of hydrogen-bond donors (Lipinski definition) is 0. The number of benzene rings is 3. The molecule has 0 aliphatic heterocycles. The van der Waals surface area contributed by atoms with Gasteiger partial charge in [0, 0.05) is 0 Å². The molecule has 0 unspecified atom stereocenters. The number of halogens is 1. The molecule has 0 nitrogen and oxygen atoms in total. The summed E-state index contributed by atoms with van der Waals surface area (Å²) in [5.41, 5.74) is 3.85. The number of allylic oxidation sites excluding steroid dienone is 1. The maximum Gasteiger partial charge on any atom is 0.123 e. The fourth-order valence-corrected chi connectivity index (χ4v) is 4.03. The van der Waals surface area contributed by atoms with Gasteiger partial charge in [0.1, 0.15) is 5.82 Å². The van der Waals surface area contributed by atoms with E-state index in [9.17, 15) is 4.39 Å². The molecule has 25 heavy (non-hydrogen) atoms. The Morgan fingerprint density at radius 1 is 0.760 bits per heavy atom. The average molecular weight is 330 g/mol. The lowest BCUT2D eigenvalue weighted by Gasteiger charge is -2.27. The molecule has 0 N–H and O–H groups in total. The minimum Gasteiger partial charge on any atom is -0.207 e. The molecule has 126 valence electrons. The predicted octanol–water partition coefficient (Wildman–Crippen LogP) is 7.11. The molecular weight excluding hydrogens is 307 g/mol. The molecule has 0 heterocycles. The Bertz CT molecular complexity index is 884. The molecule has 0 aromatic heterocycles. The summed E-state index contributed by atoms with van der Waals surface area (Å²) >= 11 is 0. The Labute approximate surface area is 149 Å². The van der Waals surface area contributed by atoms with Crippen molar-refractivity contribution < 1.29 is 4.39 Å². The summed E-state index contributed by atoms with van der Waals surface area (Å²) in [7, 11) is 0. The maximum absolute atomic E-state index is 13.3. The van der Waals surface area contributed by atoms with E-state index in [1.165, 1.54) is 48.4 Å². The van der Waals surface area contributed by atoms with Gasteiger partial charge in [-0.25, -0.2) is 4.39 Å². The number of rotatable bonds is 3. The fourth-order valence-electron chi connectivity index (χ4n) is 4.03. The van der Waals surface area contributed by atoms with Crippen molar-refractivity contribution in [1.82, 2.24) is 0 Å². The van der Waals surface area contributed by atoms with Crippen molar-refractivity contribution in [2.24, 2.45) is 5.92 Å². The lowest BCUT2D eigenvalue weighted by Crippen LogP contribution is -2.11. The molecule has 0 radical (unpaired) electrons. The highest BCUT2D eigenvalue weighted by molar-refractivity contribution is 5.87. The van der Waals surface area contributed by atoms with E-state index in [2.05, 4.69) is 49.1 Å². The molecule has 0 saturated heterocycles. The molecule has 3 aromatic rings. The average Bonchev–Trinajstić information content (AvgIpc) is 2.68. The van der Waals surface area contributed by atoms with Crippen LogP contribution in [-0.2, 0) is 0 Å². The minimum atomic E-state index is -0.184. The highest BCUT2D eigenvalue weighted by atomic mass is 19.1. The molecule has 0 amide bonds. The lowest BCUT2D eigenvalue weighted by molar-refractivity contribution is 0.376. The third-order valence-electron chi connectivity index (χ3n) is 5.62. The molecule has 0 bridgehead atoms. The van der Waals surface area contributed by atoms with Crippen molar-refractivity contribution >= 4 is 10.8 Å². The van der Waals surface area contributed by atoms with E-state index in [4.69, 9.17) is 0 Å². The third-order valence-corrected chi connectivity index (χ3v) is 5.62. The van der Waals surface area contributed by atoms with Gasteiger partial charge in [-0.2, -0.15) is 0 Å². The lowest BCUT2D eigenvalue weighted by atomic mass is 9.78. The molecule has 1 saturated carbocycles. The molecule has 1 aliphatic rings. The van der Waals surface area contributed by atoms with Crippen LogP contribution in [0.4, 0.5) is 4.39 Å². The van der Waals surface area contributed by atoms with Crippen molar-refractivity contribution in [3.63, 3.8) is 0 Å². The Morgan fingerprint density at radius 2 is 1.40 bits per heavy atom. The Kier molecular flexibility index (Phi) is 4.40. The topological polar surface area (TPSA) is 0 Å². The van der Waals surface area contributed by atoms with Gasteiger partial charge < -0.3 is 0 Å². The molecule has 0 atom stereocenters. The minimum absolute atomic E-state index is 0.184. The Hall–Kier alpha value is -2.41. The number of fused-ring (bicyclic) bond motifs is 1. The molecule has 1 aliphatic carbocycles. The van der Waals surface area contributed by atoms with Crippen LogP contribution in [0.3, 0.4) is 0 Å². The molecule has 4 rings (SSSR count). The van der Waals surface area contributed by atoms with Crippen LogP contribution in [0, 0.1) is 11.7 Å². The third kappa shape index (κ3) is 3.37. The summed E-state index contributed by atoms with van der Waals surface area (Å²) in [5.74, 6) is 1.21. The van der Waals surface area contributed by atoms with Gasteiger partial charge in [-0.15, -0.1) is 6.58 Å². The first-order chi connectivity index (χ1) is 12.2. The standard InChI is InChI=1S/C24H23F/c1-2-17-3-5-18(6-4-17)19-7-9-20(10-8-19)21-11-12-23-16-24(25)14-13-22(23)15-21/h2,7-18H,1,3-6H2/t17-,18-. The smallest absolute Gasteiger partial charge is 0.123 e. The zero-order valence-corrected chi connectivity index (χ0v) is 14.4. The summed E-state index contributed by atoms with van der Waals surface area (Å²) in [6.07, 6.45) is 7.16. The van der Waals surface area contributed by atoms with Gasteiger partial charge in [-0.1, -0.05) is 48.5 Å². The van der Waals surface area contributed by atoms with Crippen LogP contribution in [0.15, 0.2) is 73.3 Å². The van der Waals surface area contributed by atoms with Crippen LogP contribution in [0.5, 0.6) is 0 Å². The van der Waals surface area contributed by atoms with Gasteiger partial charge >= 0.3 is 0 Å². The monoisotopic (exact) mass is 330 g/mol. The second kappa shape index (κ2) is 6.84. The Morgan fingerprint density at radius 3 is 2.12 bits per heavy atom. The largest absolute Gasteiger partial charge is 0.207 e. The van der Waals surface area contributed by atoms with Crippen molar-refractivity contribution in [2.75, 3.05) is 0 Å². The highest BCUT2D eigenvalue weighted by Crippen LogP contribution is 2.37. The normalized spacial score (nSPS) is 20.5. The van der Waals surface area contributed by atoms with Gasteiger partial charge in [-0.3, -0.25) is 0 Å². The first kappa shape index (κ1) is 16.1. The summed E-state index contributed by atoms with van der Waals surface area (Å²) in [5, 5.41) is 2.02. The van der Waals surface area contributed by atoms with Gasteiger partial charge in [0.15, 0.2) is 0 Å². The Balaban J connectivity index is 1.56. The number of hydrogen-bond acceptors (Lipinski definition) is 0. The van der Waals surface area contributed by atoms with E-state index in [1.54, 1.807) is 6.07 Å². The zero-order chi connectivity index (χ0) is 17.2. The quantitative estimate of drug-likeness (QED) is 0.449. The van der Waals surface area contributed by atoms with E-state index >= 15 is 0 Å². The highest BCUT2D eigenvalue weighted by Gasteiger charge is 2.20. The zero-order valence-electron chi connectivity index (χ0n) is 14.4. The summed E-state index contributed by atoms with van der Waals surface area (Å²) in [4.78, 5) is 0. The van der Waals surface area contributed by atoms with E-state index in [0.717, 1.165) is 10.8 Å². The van der Waals surface area contributed by atoms with E-state index in [1.807, 2.05) is 12.1 Å². The fraction of sp³-hybridized carbons (Fsp3) is 0.250. The molecular formula is C24H23F. The second-order valence-electron chi connectivity index (χ2n) is 7.18. The first-order valence-corrected chi connectivity index (χ1v) is 9.15. The van der Waals surface area contributed by atoms with Crippen LogP contribution in [-0.4, -0.2) is 0 Å². The van der Waals surface area contributed by atoms with Gasteiger partial charge in [0.05, 0.1) is 0 Å². The van der Waals surface area contributed by atoms with Gasteiger partial charge in [-0.05, 0) is 83.2 Å². The van der Waals surface area contributed by atoms with Crippen molar-refractivity contribution in [2.45, 2.75) is 31.6 Å². The molecule has 1 heteroatoms. The van der Waals surface area contributed by atoms with Crippen LogP contribution in [0.25, 0.3) is 21.9 Å². The van der Waals surface area contributed by atoms with Crippen LogP contribution in [0.1, 0.15) is 37.2 Å². The van der Waals surface area contributed by atoms with Crippen LogP contribution >= 0.6 is 0 Å². The first-order valence-electron chi connectivity index (χ1n) is 9.15. The summed E-state index contributed by atoms with van der Waals surface area (Å²) < 4.78 is 13.3. The van der Waals surface area contributed by atoms with Crippen molar-refractivity contribution in [3.05, 3.63) is 84.7 Å². The molecule has 1 fully saturated rings. The van der Waals surface area contributed by atoms with Crippen LogP contribution in [0.2, 0.25) is 0 Å². The SMILES string of the molecule is C=C[C@H]1CC[C@H](c2ccc(-c3ccc4cc(F)ccc4c3)cc2)CC1. The molecule has 0 spiro atoms. The summed E-state index contributed by atoms with van der Waals surface area (Å²) in [6, 6.07) is 20.2. The van der Waals surface area contributed by atoms with E-state index < -0.39 is 0 Å². The summed E-state index contributed by atoms with van der Waals surface area (Å²) in [6.45, 7) is 3.93.